The summed E-state index contributed by atoms with van der Waals surface area (Å²) >= 11 is 6.27. The molecule has 2 aromatic rings. The Morgan fingerprint density at radius 1 is 1.36 bits per heavy atom. The Morgan fingerprint density at radius 3 is 2.79 bits per heavy atom. The van der Waals surface area contributed by atoms with E-state index in [9.17, 15) is 19.1 Å². The summed E-state index contributed by atoms with van der Waals surface area (Å²) in [6, 6.07) is 8.49. The SMILES string of the molecule is CCCC[C@@H](C(=O)O)N1C(=O)/C(=C\c2ccc(-c3ccccc3F)o2)SC1=S. The Hall–Kier alpha value is -2.45. The number of carbonyl (C=O) groups excluding carboxylic acids is 1. The van der Waals surface area contributed by atoms with Crippen molar-refractivity contribution in [3.63, 3.8) is 0 Å². The molecule has 1 saturated heterocycles. The molecule has 1 atom stereocenters. The lowest BCUT2D eigenvalue weighted by atomic mass is 10.1. The predicted molar refractivity (Wildman–Crippen MR) is 110 cm³/mol. The highest BCUT2D eigenvalue weighted by molar-refractivity contribution is 8.26. The molecule has 0 unspecified atom stereocenters. The van der Waals surface area contributed by atoms with E-state index < -0.39 is 23.7 Å². The van der Waals surface area contributed by atoms with Gasteiger partial charge in [0, 0.05) is 6.08 Å². The molecule has 1 amide bonds. The summed E-state index contributed by atoms with van der Waals surface area (Å²) in [6.45, 7) is 1.95. The maximum absolute atomic E-state index is 13.9. The van der Waals surface area contributed by atoms with Gasteiger partial charge in [-0.05, 0) is 30.7 Å². The van der Waals surface area contributed by atoms with Crippen LogP contribution >= 0.6 is 24.0 Å². The van der Waals surface area contributed by atoms with Crippen LogP contribution in [-0.2, 0) is 9.59 Å². The van der Waals surface area contributed by atoms with Gasteiger partial charge in [0.25, 0.3) is 5.91 Å². The average molecular weight is 419 g/mol. The first-order valence-electron chi connectivity index (χ1n) is 8.77. The van der Waals surface area contributed by atoms with Crippen LogP contribution in [0.3, 0.4) is 0 Å². The quantitative estimate of drug-likeness (QED) is 0.507. The van der Waals surface area contributed by atoms with Crippen LogP contribution in [0.15, 0.2) is 45.7 Å². The van der Waals surface area contributed by atoms with Gasteiger partial charge in [-0.15, -0.1) is 0 Å². The second-order valence-electron chi connectivity index (χ2n) is 6.23. The standard InChI is InChI=1S/C20H18FNO4S2/c1-2-3-8-15(19(24)25)22-18(23)17(28-20(22)27)11-12-9-10-16(26-12)13-6-4-5-7-14(13)21/h4-7,9-11,15H,2-3,8H2,1H3,(H,24,25)/b17-11+/t15-/m0/s1. The molecule has 1 aromatic carbocycles. The second-order valence-corrected chi connectivity index (χ2v) is 7.91. The molecule has 146 valence electrons. The summed E-state index contributed by atoms with van der Waals surface area (Å²) in [5.74, 6) is -1.24. The highest BCUT2D eigenvalue weighted by atomic mass is 32.2. The third kappa shape index (κ3) is 4.18. The molecule has 0 radical (unpaired) electrons. The molecule has 8 heteroatoms. The zero-order valence-corrected chi connectivity index (χ0v) is 16.7. The summed E-state index contributed by atoms with van der Waals surface area (Å²) in [4.78, 5) is 25.8. The normalized spacial score (nSPS) is 16.8. The number of carboxylic acids is 1. The number of nitrogens with zero attached hydrogens (tertiary/aromatic N) is 1. The van der Waals surface area contributed by atoms with Crippen LogP contribution in [0.5, 0.6) is 0 Å². The number of hydrogen-bond acceptors (Lipinski definition) is 5. The molecule has 0 aliphatic carbocycles. The Labute approximate surface area is 171 Å². The molecule has 3 rings (SSSR count). The average Bonchev–Trinajstić information content (AvgIpc) is 3.22. The summed E-state index contributed by atoms with van der Waals surface area (Å²) in [6.07, 6.45) is 3.34. The van der Waals surface area contributed by atoms with Gasteiger partial charge in [0.15, 0.2) is 0 Å². The Balaban J connectivity index is 1.84. The monoisotopic (exact) mass is 419 g/mol. The maximum Gasteiger partial charge on any atom is 0.326 e. The van der Waals surface area contributed by atoms with E-state index in [1.807, 2.05) is 6.92 Å². The first-order valence-corrected chi connectivity index (χ1v) is 9.99. The number of furan rings is 1. The molecule has 0 bridgehead atoms. The number of thiocarbonyl (C=S) groups is 1. The lowest BCUT2D eigenvalue weighted by Crippen LogP contribution is -2.43. The smallest absolute Gasteiger partial charge is 0.326 e. The first kappa shape index (κ1) is 20.3. The third-order valence-electron chi connectivity index (χ3n) is 4.29. The summed E-state index contributed by atoms with van der Waals surface area (Å²) in [7, 11) is 0. The van der Waals surface area contributed by atoms with Crippen LogP contribution in [-0.4, -0.2) is 32.2 Å². The largest absolute Gasteiger partial charge is 0.480 e. The molecule has 1 N–H and O–H groups in total. The van der Waals surface area contributed by atoms with E-state index in [4.69, 9.17) is 16.6 Å². The molecular weight excluding hydrogens is 401 g/mol. The van der Waals surface area contributed by atoms with Crippen LogP contribution in [0.1, 0.15) is 31.9 Å². The molecule has 1 aromatic heterocycles. The Morgan fingerprint density at radius 2 is 2.11 bits per heavy atom. The number of hydrogen-bond donors (Lipinski definition) is 1. The second kappa shape index (κ2) is 8.70. The third-order valence-corrected chi connectivity index (χ3v) is 5.62. The molecule has 2 heterocycles. The minimum atomic E-state index is -1.08. The first-order chi connectivity index (χ1) is 13.4. The van der Waals surface area contributed by atoms with Gasteiger partial charge in [0.2, 0.25) is 0 Å². The fraction of sp³-hybridized carbons (Fsp3) is 0.250. The zero-order valence-electron chi connectivity index (χ0n) is 15.1. The number of thioether (sulfide) groups is 1. The minimum absolute atomic E-state index is 0.209. The van der Waals surface area contributed by atoms with E-state index in [1.54, 1.807) is 30.3 Å². The van der Waals surface area contributed by atoms with Crippen molar-refractivity contribution in [1.82, 2.24) is 4.90 Å². The van der Waals surface area contributed by atoms with Crippen LogP contribution in [0.2, 0.25) is 0 Å². The van der Waals surface area contributed by atoms with Gasteiger partial charge < -0.3 is 9.52 Å². The number of rotatable bonds is 7. The van der Waals surface area contributed by atoms with E-state index in [-0.39, 0.29) is 9.23 Å². The number of unbranched alkanes of at least 4 members (excludes halogenated alkanes) is 1. The van der Waals surface area contributed by atoms with Crippen LogP contribution in [0, 0.1) is 5.82 Å². The molecule has 5 nitrogen and oxygen atoms in total. The molecule has 0 saturated carbocycles. The van der Waals surface area contributed by atoms with E-state index in [0.717, 1.165) is 23.1 Å². The summed E-state index contributed by atoms with van der Waals surface area (Å²) < 4.78 is 19.8. The van der Waals surface area contributed by atoms with Crippen molar-refractivity contribution in [3.05, 3.63) is 52.9 Å². The molecule has 28 heavy (non-hydrogen) atoms. The lowest BCUT2D eigenvalue weighted by molar-refractivity contribution is -0.145. The molecule has 0 spiro atoms. The van der Waals surface area contributed by atoms with Gasteiger partial charge in [-0.25, -0.2) is 9.18 Å². The summed E-state index contributed by atoms with van der Waals surface area (Å²) in [5.41, 5.74) is 0.320. The van der Waals surface area contributed by atoms with Gasteiger partial charge in [-0.2, -0.15) is 0 Å². The molecule has 1 aliphatic heterocycles. The van der Waals surface area contributed by atoms with Crippen LogP contribution < -0.4 is 0 Å². The number of carboxylic acid groups (broad SMARTS) is 1. The highest BCUT2D eigenvalue weighted by Gasteiger charge is 2.40. The highest BCUT2D eigenvalue weighted by Crippen LogP contribution is 2.36. The van der Waals surface area contributed by atoms with Gasteiger partial charge >= 0.3 is 5.97 Å². The van der Waals surface area contributed by atoms with Crippen LogP contribution in [0.25, 0.3) is 17.4 Å². The Kier molecular flexibility index (Phi) is 6.31. The van der Waals surface area contributed by atoms with Crippen molar-refractivity contribution >= 4 is 46.3 Å². The van der Waals surface area contributed by atoms with Gasteiger partial charge in [-0.1, -0.05) is 55.9 Å². The lowest BCUT2D eigenvalue weighted by Gasteiger charge is -2.22. The number of amides is 1. The fourth-order valence-corrected chi connectivity index (χ4v) is 4.21. The van der Waals surface area contributed by atoms with E-state index >= 15 is 0 Å². The predicted octanol–water partition coefficient (Wildman–Crippen LogP) is 4.93. The number of benzene rings is 1. The van der Waals surface area contributed by atoms with Crippen molar-refractivity contribution in [2.75, 3.05) is 0 Å². The van der Waals surface area contributed by atoms with Gasteiger partial charge in [0.1, 0.15) is 27.7 Å². The van der Waals surface area contributed by atoms with Crippen molar-refractivity contribution in [1.29, 1.82) is 0 Å². The number of carbonyl (C=O) groups is 2. The van der Waals surface area contributed by atoms with Crippen molar-refractivity contribution in [2.24, 2.45) is 0 Å². The van der Waals surface area contributed by atoms with E-state index in [0.29, 0.717) is 29.9 Å². The Bertz CT molecular complexity index is 953. The topological polar surface area (TPSA) is 70.8 Å². The van der Waals surface area contributed by atoms with Crippen molar-refractivity contribution in [3.8, 4) is 11.3 Å². The minimum Gasteiger partial charge on any atom is -0.480 e. The molecule has 1 aliphatic rings. The molecule has 1 fully saturated rings. The van der Waals surface area contributed by atoms with E-state index in [1.165, 1.54) is 12.1 Å². The fourth-order valence-electron chi connectivity index (χ4n) is 2.87. The van der Waals surface area contributed by atoms with Gasteiger partial charge in [0.05, 0.1) is 10.5 Å². The van der Waals surface area contributed by atoms with Crippen LogP contribution in [0.4, 0.5) is 4.39 Å². The van der Waals surface area contributed by atoms with E-state index in [2.05, 4.69) is 0 Å². The van der Waals surface area contributed by atoms with Crippen molar-refractivity contribution in [2.45, 2.75) is 32.2 Å². The maximum atomic E-state index is 13.9. The number of aliphatic carboxylic acids is 1. The van der Waals surface area contributed by atoms with Gasteiger partial charge in [-0.3, -0.25) is 9.69 Å². The molecular formula is C20H18FNO4S2. The number of halogens is 1. The van der Waals surface area contributed by atoms with Crippen molar-refractivity contribution < 1.29 is 23.5 Å². The zero-order chi connectivity index (χ0) is 20.3. The summed E-state index contributed by atoms with van der Waals surface area (Å²) in [5, 5.41) is 9.49.